The fourth-order valence-corrected chi connectivity index (χ4v) is 3.71. The van der Waals surface area contributed by atoms with Crippen molar-refractivity contribution in [3.8, 4) is 5.75 Å². The van der Waals surface area contributed by atoms with Crippen LogP contribution in [0.4, 0.5) is 8.78 Å². The molecule has 0 spiro atoms. The summed E-state index contributed by atoms with van der Waals surface area (Å²) in [7, 11) is 1.98. The number of thioether (sulfide) groups is 1. The first-order chi connectivity index (χ1) is 11.6. The molecule has 0 bridgehead atoms. The summed E-state index contributed by atoms with van der Waals surface area (Å²) in [5, 5.41) is 12.8. The minimum Gasteiger partial charge on any atom is -0.435 e. The first kappa shape index (κ1) is 19.9. The predicted molar refractivity (Wildman–Crippen MR) is 95.7 cm³/mol. The first-order valence-electron chi connectivity index (χ1n) is 7.90. The van der Waals surface area contributed by atoms with E-state index in [1.165, 1.54) is 6.07 Å². The van der Waals surface area contributed by atoms with Crippen LogP contribution in [-0.2, 0) is 12.8 Å². The maximum Gasteiger partial charge on any atom is 0.387 e. The number of piperidine rings is 1. The van der Waals surface area contributed by atoms with Crippen LogP contribution in [0.5, 0.6) is 5.75 Å². The summed E-state index contributed by atoms with van der Waals surface area (Å²) in [6, 6.07) is 6.75. The second-order valence-corrected chi connectivity index (χ2v) is 6.68. The molecule has 0 unspecified atom stereocenters. The SMILES string of the molecule is Cl.Cn1c(SCc2cccc(OC(F)F)c2)nnc1C1CCNCC1. The molecule has 0 amide bonds. The maximum atomic E-state index is 12.3. The third-order valence-electron chi connectivity index (χ3n) is 4.06. The standard InChI is InChI=1S/C16H20F2N4OS.ClH/c1-22-14(12-5-7-19-8-6-12)20-21-16(22)24-10-11-3-2-4-13(9-11)23-15(17)18;/h2-4,9,12,15,19H,5-8,10H2,1H3;1H. The van der Waals surface area contributed by atoms with Gasteiger partial charge in [-0.05, 0) is 43.6 Å². The van der Waals surface area contributed by atoms with E-state index in [0.717, 1.165) is 42.5 Å². The minimum absolute atomic E-state index is 0. The average molecular weight is 391 g/mol. The lowest BCUT2D eigenvalue weighted by atomic mass is 9.97. The highest BCUT2D eigenvalue weighted by Crippen LogP contribution is 2.28. The Labute approximate surface area is 155 Å². The minimum atomic E-state index is -2.81. The Balaban J connectivity index is 0.00000225. The number of rotatable bonds is 6. The van der Waals surface area contributed by atoms with Gasteiger partial charge in [0.25, 0.3) is 0 Å². The van der Waals surface area contributed by atoms with Crippen molar-refractivity contribution in [1.29, 1.82) is 0 Å². The van der Waals surface area contributed by atoms with Crippen LogP contribution in [0.15, 0.2) is 29.4 Å². The molecule has 1 aliphatic heterocycles. The normalized spacial score (nSPS) is 15.2. The highest BCUT2D eigenvalue weighted by Gasteiger charge is 2.21. The van der Waals surface area contributed by atoms with Crippen molar-refractivity contribution in [2.24, 2.45) is 7.05 Å². The molecule has 0 atom stereocenters. The van der Waals surface area contributed by atoms with E-state index in [-0.39, 0.29) is 18.2 Å². The summed E-state index contributed by atoms with van der Waals surface area (Å²) in [5.41, 5.74) is 0.907. The molecule has 1 aliphatic rings. The van der Waals surface area contributed by atoms with Crippen molar-refractivity contribution < 1.29 is 13.5 Å². The molecule has 1 saturated heterocycles. The van der Waals surface area contributed by atoms with E-state index in [0.29, 0.717) is 11.7 Å². The number of benzene rings is 1. The van der Waals surface area contributed by atoms with Crippen LogP contribution in [0.25, 0.3) is 0 Å². The van der Waals surface area contributed by atoms with Crippen LogP contribution >= 0.6 is 24.2 Å². The topological polar surface area (TPSA) is 52.0 Å². The lowest BCUT2D eigenvalue weighted by molar-refractivity contribution is -0.0498. The number of hydrogen-bond acceptors (Lipinski definition) is 5. The van der Waals surface area contributed by atoms with E-state index in [9.17, 15) is 8.78 Å². The van der Waals surface area contributed by atoms with E-state index in [1.54, 1.807) is 23.9 Å². The van der Waals surface area contributed by atoms with E-state index in [1.807, 2.05) is 17.7 Å². The third kappa shape index (κ3) is 5.29. The van der Waals surface area contributed by atoms with Crippen molar-refractivity contribution in [3.63, 3.8) is 0 Å². The molecule has 0 radical (unpaired) electrons. The van der Waals surface area contributed by atoms with Crippen LogP contribution in [-0.4, -0.2) is 34.5 Å². The lowest BCUT2D eigenvalue weighted by Gasteiger charge is -2.21. The van der Waals surface area contributed by atoms with Gasteiger partial charge >= 0.3 is 6.61 Å². The number of aromatic nitrogens is 3. The third-order valence-corrected chi connectivity index (χ3v) is 5.16. The van der Waals surface area contributed by atoms with Gasteiger partial charge in [-0.2, -0.15) is 8.78 Å². The van der Waals surface area contributed by atoms with Crippen LogP contribution < -0.4 is 10.1 Å². The zero-order valence-electron chi connectivity index (χ0n) is 13.8. The molecule has 0 saturated carbocycles. The van der Waals surface area contributed by atoms with Gasteiger partial charge in [0.1, 0.15) is 11.6 Å². The molecule has 2 aromatic rings. The number of alkyl halides is 2. The quantitative estimate of drug-likeness (QED) is 0.764. The number of ether oxygens (including phenoxy) is 1. The molecule has 9 heteroatoms. The zero-order valence-corrected chi connectivity index (χ0v) is 15.5. The number of hydrogen-bond donors (Lipinski definition) is 1. The van der Waals surface area contributed by atoms with Gasteiger partial charge in [0.2, 0.25) is 0 Å². The average Bonchev–Trinajstić information content (AvgIpc) is 2.94. The van der Waals surface area contributed by atoms with Crippen LogP contribution in [0, 0.1) is 0 Å². The molecule has 3 rings (SSSR count). The summed E-state index contributed by atoms with van der Waals surface area (Å²) in [6.07, 6.45) is 2.15. The molecular formula is C16H21ClF2N4OS. The lowest BCUT2D eigenvalue weighted by Crippen LogP contribution is -2.27. The van der Waals surface area contributed by atoms with Crippen LogP contribution in [0.1, 0.15) is 30.1 Å². The Morgan fingerprint density at radius 1 is 1.32 bits per heavy atom. The highest BCUT2D eigenvalue weighted by molar-refractivity contribution is 7.98. The molecule has 2 heterocycles. The van der Waals surface area contributed by atoms with E-state index < -0.39 is 6.61 Å². The Morgan fingerprint density at radius 2 is 2.08 bits per heavy atom. The number of nitrogens with one attached hydrogen (secondary N) is 1. The van der Waals surface area contributed by atoms with Gasteiger partial charge in [-0.25, -0.2) is 0 Å². The molecule has 1 N–H and O–H groups in total. The monoisotopic (exact) mass is 390 g/mol. The predicted octanol–water partition coefficient (Wildman–Crippen LogP) is 3.60. The zero-order chi connectivity index (χ0) is 16.9. The van der Waals surface area contributed by atoms with Gasteiger partial charge < -0.3 is 14.6 Å². The fourth-order valence-electron chi connectivity index (χ4n) is 2.85. The maximum absolute atomic E-state index is 12.3. The Morgan fingerprint density at radius 3 is 2.80 bits per heavy atom. The molecule has 138 valence electrons. The Kier molecular flexibility index (Phi) is 7.46. The van der Waals surface area contributed by atoms with Gasteiger partial charge in [-0.1, -0.05) is 23.9 Å². The molecule has 0 aliphatic carbocycles. The Hall–Kier alpha value is -1.38. The largest absolute Gasteiger partial charge is 0.435 e. The smallest absolute Gasteiger partial charge is 0.387 e. The molecule has 1 aromatic carbocycles. The molecule has 1 fully saturated rings. The van der Waals surface area contributed by atoms with Crippen LogP contribution in [0.3, 0.4) is 0 Å². The van der Waals surface area contributed by atoms with Crippen molar-refractivity contribution in [1.82, 2.24) is 20.1 Å². The van der Waals surface area contributed by atoms with Crippen molar-refractivity contribution in [2.75, 3.05) is 13.1 Å². The summed E-state index contributed by atoms with van der Waals surface area (Å²) in [4.78, 5) is 0. The summed E-state index contributed by atoms with van der Waals surface area (Å²) in [5.74, 6) is 2.27. The summed E-state index contributed by atoms with van der Waals surface area (Å²) in [6.45, 7) is -0.785. The second-order valence-electron chi connectivity index (χ2n) is 5.74. The molecule has 25 heavy (non-hydrogen) atoms. The van der Waals surface area contributed by atoms with Gasteiger partial charge in [-0.3, -0.25) is 0 Å². The molecule has 5 nitrogen and oxygen atoms in total. The number of halogens is 3. The van der Waals surface area contributed by atoms with Gasteiger partial charge in [0, 0.05) is 18.7 Å². The van der Waals surface area contributed by atoms with Crippen molar-refractivity contribution in [2.45, 2.75) is 36.3 Å². The van der Waals surface area contributed by atoms with Gasteiger partial charge in [-0.15, -0.1) is 22.6 Å². The molecular weight excluding hydrogens is 370 g/mol. The number of nitrogens with zero attached hydrogens (tertiary/aromatic N) is 3. The van der Waals surface area contributed by atoms with Crippen molar-refractivity contribution >= 4 is 24.2 Å². The van der Waals surface area contributed by atoms with E-state index >= 15 is 0 Å². The summed E-state index contributed by atoms with van der Waals surface area (Å²) < 4.78 is 31.0. The van der Waals surface area contributed by atoms with Gasteiger partial charge in [0.15, 0.2) is 5.16 Å². The highest BCUT2D eigenvalue weighted by atomic mass is 35.5. The van der Waals surface area contributed by atoms with E-state index in [2.05, 4.69) is 20.3 Å². The molecule has 1 aromatic heterocycles. The van der Waals surface area contributed by atoms with Crippen molar-refractivity contribution in [3.05, 3.63) is 35.7 Å². The van der Waals surface area contributed by atoms with Crippen LogP contribution in [0.2, 0.25) is 0 Å². The second kappa shape index (κ2) is 9.35. The Bertz CT molecular complexity index is 680. The summed E-state index contributed by atoms with van der Waals surface area (Å²) >= 11 is 1.54. The van der Waals surface area contributed by atoms with E-state index in [4.69, 9.17) is 0 Å². The first-order valence-corrected chi connectivity index (χ1v) is 8.88. The fraction of sp³-hybridized carbons (Fsp3) is 0.500. The van der Waals surface area contributed by atoms with Gasteiger partial charge in [0.05, 0.1) is 0 Å².